The van der Waals surface area contributed by atoms with E-state index in [1.54, 1.807) is 6.20 Å². The van der Waals surface area contributed by atoms with E-state index in [9.17, 15) is 0 Å². The zero-order valence-corrected chi connectivity index (χ0v) is 10.3. The number of nitrogen functional groups attached to an aromatic ring is 1. The highest BCUT2D eigenvalue weighted by Gasteiger charge is 2.03. The lowest BCUT2D eigenvalue weighted by Crippen LogP contribution is -1.95. The maximum absolute atomic E-state index is 5.62. The molecule has 2 N–H and O–H groups in total. The predicted octanol–water partition coefficient (Wildman–Crippen LogP) is 3.39. The monoisotopic (exact) mass is 247 g/mol. The minimum absolute atomic E-state index is 0.294. The standard InChI is InChI=1S/C16H13N3/c17-16-18-10-9-15(19-16)14-8-4-7-13(11-14)12-5-2-1-3-6-12/h1-11H,(H2,17,18,19). The summed E-state index contributed by atoms with van der Waals surface area (Å²) in [6.45, 7) is 0. The topological polar surface area (TPSA) is 51.8 Å². The van der Waals surface area contributed by atoms with Gasteiger partial charge in [-0.3, -0.25) is 0 Å². The molecule has 0 spiro atoms. The SMILES string of the molecule is Nc1nccc(-c2cccc(-c3ccccc3)c2)n1. The van der Waals surface area contributed by atoms with Crippen molar-refractivity contribution in [3.05, 3.63) is 66.9 Å². The van der Waals surface area contributed by atoms with Crippen molar-refractivity contribution >= 4 is 5.95 Å². The fourth-order valence-electron chi connectivity index (χ4n) is 2.02. The van der Waals surface area contributed by atoms with Crippen LogP contribution in [-0.2, 0) is 0 Å². The molecule has 0 fully saturated rings. The summed E-state index contributed by atoms with van der Waals surface area (Å²) in [6.07, 6.45) is 1.67. The Kier molecular flexibility index (Phi) is 2.94. The number of benzene rings is 2. The van der Waals surface area contributed by atoms with Gasteiger partial charge >= 0.3 is 0 Å². The van der Waals surface area contributed by atoms with Gasteiger partial charge in [0, 0.05) is 11.8 Å². The summed E-state index contributed by atoms with van der Waals surface area (Å²) in [4.78, 5) is 8.16. The molecule has 3 rings (SSSR count). The minimum Gasteiger partial charge on any atom is -0.368 e. The predicted molar refractivity (Wildman–Crippen MR) is 77.3 cm³/mol. The highest BCUT2D eigenvalue weighted by Crippen LogP contribution is 2.25. The molecule has 3 nitrogen and oxygen atoms in total. The van der Waals surface area contributed by atoms with E-state index in [1.165, 1.54) is 5.56 Å². The van der Waals surface area contributed by atoms with Crippen molar-refractivity contribution in [3.8, 4) is 22.4 Å². The lowest BCUT2D eigenvalue weighted by Gasteiger charge is -2.05. The summed E-state index contributed by atoms with van der Waals surface area (Å²) in [7, 11) is 0. The summed E-state index contributed by atoms with van der Waals surface area (Å²) in [5.41, 5.74) is 9.85. The Morgan fingerprint density at radius 3 is 2.26 bits per heavy atom. The molecule has 92 valence electrons. The number of hydrogen-bond acceptors (Lipinski definition) is 3. The Labute approximate surface area is 111 Å². The molecule has 19 heavy (non-hydrogen) atoms. The van der Waals surface area contributed by atoms with Gasteiger partial charge in [0.15, 0.2) is 0 Å². The van der Waals surface area contributed by atoms with Gasteiger partial charge in [-0.2, -0.15) is 0 Å². The first kappa shape index (κ1) is 11.4. The van der Waals surface area contributed by atoms with Crippen LogP contribution in [0.2, 0.25) is 0 Å². The highest BCUT2D eigenvalue weighted by atomic mass is 15.0. The van der Waals surface area contributed by atoms with Crippen molar-refractivity contribution in [2.75, 3.05) is 5.73 Å². The van der Waals surface area contributed by atoms with Gasteiger partial charge in [-0.1, -0.05) is 48.5 Å². The van der Waals surface area contributed by atoms with Crippen molar-refractivity contribution < 1.29 is 0 Å². The molecule has 0 bridgehead atoms. The highest BCUT2D eigenvalue weighted by molar-refractivity contribution is 5.71. The van der Waals surface area contributed by atoms with Gasteiger partial charge in [0.1, 0.15) is 0 Å². The van der Waals surface area contributed by atoms with E-state index in [0.29, 0.717) is 5.95 Å². The molecule has 0 aliphatic rings. The van der Waals surface area contributed by atoms with E-state index < -0.39 is 0 Å². The third kappa shape index (κ3) is 2.45. The van der Waals surface area contributed by atoms with Gasteiger partial charge in [-0.25, -0.2) is 9.97 Å². The molecule has 3 aromatic rings. The molecular formula is C16H13N3. The van der Waals surface area contributed by atoms with Crippen LogP contribution in [0.1, 0.15) is 0 Å². The smallest absolute Gasteiger partial charge is 0.220 e. The number of rotatable bonds is 2. The van der Waals surface area contributed by atoms with Crippen molar-refractivity contribution in [2.24, 2.45) is 0 Å². The molecular weight excluding hydrogens is 234 g/mol. The summed E-state index contributed by atoms with van der Waals surface area (Å²) in [5, 5.41) is 0. The van der Waals surface area contributed by atoms with Gasteiger partial charge in [0.25, 0.3) is 0 Å². The lowest BCUT2D eigenvalue weighted by atomic mass is 10.0. The average molecular weight is 247 g/mol. The third-order valence-electron chi connectivity index (χ3n) is 2.94. The number of hydrogen-bond donors (Lipinski definition) is 1. The van der Waals surface area contributed by atoms with Gasteiger partial charge in [-0.15, -0.1) is 0 Å². The molecule has 2 aromatic carbocycles. The third-order valence-corrected chi connectivity index (χ3v) is 2.94. The molecule has 1 aromatic heterocycles. The van der Waals surface area contributed by atoms with Crippen molar-refractivity contribution in [1.82, 2.24) is 9.97 Å². The number of nitrogens with two attached hydrogens (primary N) is 1. The van der Waals surface area contributed by atoms with E-state index >= 15 is 0 Å². The Morgan fingerprint density at radius 1 is 0.737 bits per heavy atom. The van der Waals surface area contributed by atoms with Gasteiger partial charge < -0.3 is 5.73 Å². The zero-order valence-electron chi connectivity index (χ0n) is 10.3. The Hall–Kier alpha value is -2.68. The molecule has 0 atom stereocenters. The van der Waals surface area contributed by atoms with Gasteiger partial charge in [-0.05, 0) is 23.3 Å². The molecule has 0 amide bonds. The fraction of sp³-hybridized carbons (Fsp3) is 0. The second-order valence-corrected chi connectivity index (χ2v) is 4.25. The molecule has 0 unspecified atom stereocenters. The first-order valence-corrected chi connectivity index (χ1v) is 6.07. The summed E-state index contributed by atoms with van der Waals surface area (Å²) >= 11 is 0. The van der Waals surface area contributed by atoms with Gasteiger partial charge in [0.2, 0.25) is 5.95 Å². The summed E-state index contributed by atoms with van der Waals surface area (Å²) in [6, 6.07) is 20.4. The van der Waals surface area contributed by atoms with E-state index in [2.05, 4.69) is 34.2 Å². The number of nitrogens with zero attached hydrogens (tertiary/aromatic N) is 2. The Balaban J connectivity index is 2.06. The average Bonchev–Trinajstić information content (AvgIpc) is 2.48. The van der Waals surface area contributed by atoms with E-state index in [4.69, 9.17) is 5.73 Å². The van der Waals surface area contributed by atoms with E-state index in [0.717, 1.165) is 16.8 Å². The summed E-state index contributed by atoms with van der Waals surface area (Å²) in [5.74, 6) is 0.294. The zero-order chi connectivity index (χ0) is 13.1. The molecule has 0 aliphatic heterocycles. The van der Waals surface area contributed by atoms with Crippen LogP contribution in [-0.4, -0.2) is 9.97 Å². The lowest BCUT2D eigenvalue weighted by molar-refractivity contribution is 1.19. The Morgan fingerprint density at radius 2 is 1.47 bits per heavy atom. The Bertz CT molecular complexity index is 693. The van der Waals surface area contributed by atoms with Crippen molar-refractivity contribution in [3.63, 3.8) is 0 Å². The van der Waals surface area contributed by atoms with E-state index in [-0.39, 0.29) is 0 Å². The molecule has 0 saturated heterocycles. The van der Waals surface area contributed by atoms with Crippen LogP contribution in [0.4, 0.5) is 5.95 Å². The van der Waals surface area contributed by atoms with Crippen molar-refractivity contribution in [2.45, 2.75) is 0 Å². The molecule has 1 heterocycles. The molecule has 0 aliphatic carbocycles. The van der Waals surface area contributed by atoms with Crippen LogP contribution >= 0.6 is 0 Å². The molecule has 0 radical (unpaired) electrons. The summed E-state index contributed by atoms with van der Waals surface area (Å²) < 4.78 is 0. The maximum Gasteiger partial charge on any atom is 0.220 e. The first-order valence-electron chi connectivity index (χ1n) is 6.07. The van der Waals surface area contributed by atoms with Crippen LogP contribution in [0.25, 0.3) is 22.4 Å². The van der Waals surface area contributed by atoms with Gasteiger partial charge in [0.05, 0.1) is 5.69 Å². The maximum atomic E-state index is 5.62. The van der Waals surface area contributed by atoms with Crippen LogP contribution < -0.4 is 5.73 Å². The first-order chi connectivity index (χ1) is 9.33. The van der Waals surface area contributed by atoms with E-state index in [1.807, 2.05) is 36.4 Å². The van der Waals surface area contributed by atoms with Crippen LogP contribution in [0.3, 0.4) is 0 Å². The van der Waals surface area contributed by atoms with Crippen LogP contribution in [0, 0.1) is 0 Å². The van der Waals surface area contributed by atoms with Crippen LogP contribution in [0.5, 0.6) is 0 Å². The normalized spacial score (nSPS) is 10.3. The fourth-order valence-corrected chi connectivity index (χ4v) is 2.02. The second kappa shape index (κ2) is 4.90. The number of aromatic nitrogens is 2. The second-order valence-electron chi connectivity index (χ2n) is 4.25. The van der Waals surface area contributed by atoms with Crippen molar-refractivity contribution in [1.29, 1.82) is 0 Å². The molecule has 3 heteroatoms. The van der Waals surface area contributed by atoms with Crippen LogP contribution in [0.15, 0.2) is 66.9 Å². The quantitative estimate of drug-likeness (QED) is 0.755. The molecule has 0 saturated carbocycles. The number of anilines is 1. The largest absolute Gasteiger partial charge is 0.368 e. The minimum atomic E-state index is 0.294.